The summed E-state index contributed by atoms with van der Waals surface area (Å²) < 4.78 is 0. The lowest BCUT2D eigenvalue weighted by Gasteiger charge is -2.25. The van der Waals surface area contributed by atoms with Gasteiger partial charge in [-0.3, -0.25) is 0 Å². The highest BCUT2D eigenvalue weighted by atomic mass is 32.2. The van der Waals surface area contributed by atoms with Gasteiger partial charge in [-0.2, -0.15) is 0 Å². The molecule has 12 heavy (non-hydrogen) atoms. The van der Waals surface area contributed by atoms with Crippen LogP contribution in [0.15, 0.2) is 0 Å². The highest BCUT2D eigenvalue weighted by Crippen LogP contribution is 2.20. The van der Waals surface area contributed by atoms with Gasteiger partial charge in [-0.05, 0) is 0 Å². The fourth-order valence-electron chi connectivity index (χ4n) is 1.15. The van der Waals surface area contributed by atoms with Crippen molar-refractivity contribution in [3.63, 3.8) is 0 Å². The number of thioether (sulfide) groups is 1. The number of urea groups is 1. The first-order valence-corrected chi connectivity index (χ1v) is 5.08. The summed E-state index contributed by atoms with van der Waals surface area (Å²) in [5.74, 6) is 1.74. The van der Waals surface area contributed by atoms with Crippen molar-refractivity contribution in [2.75, 3.05) is 32.3 Å². The molecule has 0 aromatic rings. The van der Waals surface area contributed by atoms with Crippen molar-refractivity contribution in [3.05, 3.63) is 0 Å². The minimum Gasteiger partial charge on any atom is -0.331 e. The van der Waals surface area contributed by atoms with E-state index in [1.807, 2.05) is 4.90 Å². The van der Waals surface area contributed by atoms with Crippen LogP contribution >= 0.6 is 11.8 Å². The highest BCUT2D eigenvalue weighted by Gasteiger charge is 2.28. The number of rotatable bonds is 1. The first-order chi connectivity index (χ1) is 5.66. The zero-order valence-electron chi connectivity index (χ0n) is 7.49. The van der Waals surface area contributed by atoms with E-state index in [1.54, 1.807) is 30.8 Å². The number of hydrogen-bond acceptors (Lipinski definition) is 3. The van der Waals surface area contributed by atoms with Crippen LogP contribution in [-0.4, -0.2) is 54.1 Å². The number of nitrogens with two attached hydrogens (primary N) is 1. The van der Waals surface area contributed by atoms with E-state index in [0.29, 0.717) is 6.54 Å². The summed E-state index contributed by atoms with van der Waals surface area (Å²) in [5.41, 5.74) is 5.54. The highest BCUT2D eigenvalue weighted by molar-refractivity contribution is 7.99. The lowest BCUT2D eigenvalue weighted by molar-refractivity contribution is 0.170. The van der Waals surface area contributed by atoms with Crippen LogP contribution in [-0.2, 0) is 0 Å². The van der Waals surface area contributed by atoms with E-state index in [2.05, 4.69) is 0 Å². The van der Waals surface area contributed by atoms with Crippen molar-refractivity contribution in [1.82, 2.24) is 9.80 Å². The van der Waals surface area contributed by atoms with Crippen LogP contribution in [0.5, 0.6) is 0 Å². The average molecular weight is 189 g/mol. The molecule has 0 aromatic carbocycles. The molecule has 0 aliphatic carbocycles. The molecule has 1 aliphatic rings. The number of hydrogen-bond donors (Lipinski definition) is 1. The van der Waals surface area contributed by atoms with E-state index in [0.717, 1.165) is 11.6 Å². The Morgan fingerprint density at radius 1 is 1.75 bits per heavy atom. The lowest BCUT2D eigenvalue weighted by atomic mass is 10.3. The number of amides is 2. The molecule has 1 rings (SSSR count). The lowest BCUT2D eigenvalue weighted by Crippen LogP contribution is -2.45. The Bertz CT molecular complexity index is 174. The molecule has 0 radical (unpaired) electrons. The van der Waals surface area contributed by atoms with Crippen molar-refractivity contribution in [2.24, 2.45) is 5.73 Å². The Labute approximate surface area is 77.1 Å². The predicted octanol–water partition coefficient (Wildman–Crippen LogP) is 0.00160. The van der Waals surface area contributed by atoms with Crippen LogP contribution in [0.2, 0.25) is 0 Å². The van der Waals surface area contributed by atoms with E-state index >= 15 is 0 Å². The summed E-state index contributed by atoms with van der Waals surface area (Å²) in [7, 11) is 3.53. The maximum absolute atomic E-state index is 11.5. The summed E-state index contributed by atoms with van der Waals surface area (Å²) in [6.45, 7) is 0.562. The minimum absolute atomic E-state index is 0.0652. The molecule has 1 saturated heterocycles. The van der Waals surface area contributed by atoms with Gasteiger partial charge in [0, 0.05) is 26.4 Å². The van der Waals surface area contributed by atoms with Crippen molar-refractivity contribution >= 4 is 17.8 Å². The van der Waals surface area contributed by atoms with Gasteiger partial charge in [-0.25, -0.2) is 4.79 Å². The number of carbonyl (C=O) groups is 1. The first-order valence-electron chi connectivity index (χ1n) is 3.92. The fourth-order valence-corrected chi connectivity index (χ4v) is 2.36. The summed E-state index contributed by atoms with van der Waals surface area (Å²) in [5, 5.41) is 0. The minimum atomic E-state index is 0.0652. The van der Waals surface area contributed by atoms with Gasteiger partial charge in [0.25, 0.3) is 0 Å². The van der Waals surface area contributed by atoms with Crippen molar-refractivity contribution in [2.45, 2.75) is 6.04 Å². The third kappa shape index (κ3) is 1.84. The van der Waals surface area contributed by atoms with E-state index in [4.69, 9.17) is 5.73 Å². The van der Waals surface area contributed by atoms with Gasteiger partial charge in [0.05, 0.1) is 11.9 Å². The normalized spacial score (nSPS) is 22.9. The van der Waals surface area contributed by atoms with Crippen LogP contribution in [0, 0.1) is 0 Å². The van der Waals surface area contributed by atoms with Crippen molar-refractivity contribution < 1.29 is 4.79 Å². The van der Waals surface area contributed by atoms with Gasteiger partial charge in [0.1, 0.15) is 0 Å². The maximum atomic E-state index is 11.5. The smallest absolute Gasteiger partial charge is 0.320 e. The van der Waals surface area contributed by atoms with Crippen molar-refractivity contribution in [1.29, 1.82) is 0 Å². The molecule has 0 aromatic heterocycles. The molecule has 1 fully saturated rings. The van der Waals surface area contributed by atoms with Gasteiger partial charge in [0.15, 0.2) is 0 Å². The Morgan fingerprint density at radius 2 is 2.42 bits per heavy atom. The molecule has 0 bridgehead atoms. The van der Waals surface area contributed by atoms with E-state index in [9.17, 15) is 4.79 Å². The Morgan fingerprint density at radius 3 is 2.92 bits per heavy atom. The molecule has 2 N–H and O–H groups in total. The van der Waals surface area contributed by atoms with E-state index < -0.39 is 0 Å². The van der Waals surface area contributed by atoms with Gasteiger partial charge in [-0.15, -0.1) is 11.8 Å². The molecule has 0 saturated carbocycles. The zero-order valence-corrected chi connectivity index (χ0v) is 8.30. The topological polar surface area (TPSA) is 49.6 Å². The Balaban J connectivity index is 2.55. The largest absolute Gasteiger partial charge is 0.331 e. The third-order valence-electron chi connectivity index (χ3n) is 1.88. The molecular weight excluding hydrogens is 174 g/mol. The molecule has 1 atom stereocenters. The number of carbonyl (C=O) groups excluding carboxylic acids is 1. The van der Waals surface area contributed by atoms with Gasteiger partial charge in [0.2, 0.25) is 0 Å². The van der Waals surface area contributed by atoms with E-state index in [1.165, 1.54) is 0 Å². The summed E-state index contributed by atoms with van der Waals surface area (Å²) in [6, 6.07) is 0.292. The molecule has 5 heteroatoms. The van der Waals surface area contributed by atoms with Crippen LogP contribution in [0.3, 0.4) is 0 Å². The van der Waals surface area contributed by atoms with Crippen molar-refractivity contribution in [3.8, 4) is 0 Å². The van der Waals surface area contributed by atoms with Gasteiger partial charge in [-0.1, -0.05) is 0 Å². The second-order valence-corrected chi connectivity index (χ2v) is 4.04. The Hall–Kier alpha value is -0.420. The van der Waals surface area contributed by atoms with Gasteiger partial charge < -0.3 is 15.5 Å². The molecule has 1 heterocycles. The first kappa shape index (κ1) is 9.67. The average Bonchev–Trinajstić information content (AvgIpc) is 2.49. The molecule has 4 nitrogen and oxygen atoms in total. The Kier molecular flexibility index (Phi) is 3.22. The standard InChI is InChI=1S/C7H15N3OS/c1-9(2)7(11)10-5-12-4-6(10)3-8/h6H,3-5,8H2,1-2H3. The zero-order chi connectivity index (χ0) is 9.14. The number of nitrogens with zero attached hydrogens (tertiary/aromatic N) is 2. The van der Waals surface area contributed by atoms with Crippen LogP contribution in [0.25, 0.3) is 0 Å². The molecule has 0 spiro atoms. The summed E-state index contributed by atoms with van der Waals surface area (Å²) >= 11 is 1.76. The summed E-state index contributed by atoms with van der Waals surface area (Å²) in [4.78, 5) is 14.9. The summed E-state index contributed by atoms with van der Waals surface area (Å²) in [6.07, 6.45) is 0. The van der Waals surface area contributed by atoms with Crippen LogP contribution in [0.1, 0.15) is 0 Å². The van der Waals surface area contributed by atoms with E-state index in [-0.39, 0.29) is 12.1 Å². The SMILES string of the molecule is CN(C)C(=O)N1CSCC1CN. The molecular formula is C7H15N3OS. The monoisotopic (exact) mass is 189 g/mol. The molecule has 70 valence electrons. The molecule has 1 unspecified atom stereocenters. The van der Waals surface area contributed by atoms with Gasteiger partial charge >= 0.3 is 6.03 Å². The second kappa shape index (κ2) is 4.00. The predicted molar refractivity (Wildman–Crippen MR) is 51.1 cm³/mol. The quantitative estimate of drug-likeness (QED) is 0.632. The van der Waals surface area contributed by atoms with Crippen LogP contribution in [0.4, 0.5) is 4.79 Å². The third-order valence-corrected chi connectivity index (χ3v) is 2.96. The second-order valence-electron chi connectivity index (χ2n) is 3.04. The van der Waals surface area contributed by atoms with Crippen LogP contribution < -0.4 is 5.73 Å². The fraction of sp³-hybridized carbons (Fsp3) is 0.857. The molecule has 1 aliphatic heterocycles. The molecule has 2 amide bonds. The maximum Gasteiger partial charge on any atom is 0.320 e.